The predicted octanol–water partition coefficient (Wildman–Crippen LogP) is 3.31. The van der Waals surface area contributed by atoms with Crippen LogP contribution in [0.5, 0.6) is 0 Å². The zero-order chi connectivity index (χ0) is 13.1. The van der Waals surface area contributed by atoms with Gasteiger partial charge >= 0.3 is 12.0 Å². The van der Waals surface area contributed by atoms with Crippen molar-refractivity contribution < 1.29 is 14.7 Å². The zero-order valence-corrected chi connectivity index (χ0v) is 11.9. The van der Waals surface area contributed by atoms with Crippen LogP contribution in [0, 0.1) is 0 Å². The van der Waals surface area contributed by atoms with Gasteiger partial charge in [-0.15, -0.1) is 11.3 Å². The number of nitrogens with one attached hydrogen (secondary N) is 2. The highest BCUT2D eigenvalue weighted by atomic mass is 79.9. The molecule has 0 fully saturated rings. The number of rotatable bonds is 3. The van der Waals surface area contributed by atoms with Gasteiger partial charge in [-0.05, 0) is 27.4 Å². The number of thiophene rings is 1. The maximum Gasteiger partial charge on any atom is 0.338 e. The molecule has 0 radical (unpaired) electrons. The fraction of sp³-hybridized carbons (Fsp3) is 0. The molecule has 0 atom stereocenters. The summed E-state index contributed by atoms with van der Waals surface area (Å²) in [7, 11) is 0. The fourth-order valence-electron chi connectivity index (χ4n) is 1.12. The number of nitrogens with zero attached hydrogens (tertiary/aromatic N) is 1. The number of carboxylic acid groups (broad SMARTS) is 1. The topological polar surface area (TPSA) is 91.3 Å². The molecule has 0 aliphatic rings. The van der Waals surface area contributed by atoms with E-state index in [9.17, 15) is 9.59 Å². The van der Waals surface area contributed by atoms with Crippen molar-refractivity contribution in [1.29, 1.82) is 0 Å². The zero-order valence-electron chi connectivity index (χ0n) is 8.64. The predicted molar refractivity (Wildman–Crippen MR) is 73.7 cm³/mol. The molecule has 0 aliphatic carbocycles. The number of hydrogen-bond acceptors (Lipinski definition) is 5. The van der Waals surface area contributed by atoms with Crippen molar-refractivity contribution in [2.45, 2.75) is 0 Å². The molecule has 0 spiro atoms. The Balaban J connectivity index is 2.03. The number of carbonyl (C=O) groups excluding carboxylic acids is 1. The van der Waals surface area contributed by atoms with Crippen LogP contribution in [0.15, 0.2) is 21.4 Å². The molecule has 2 aromatic rings. The van der Waals surface area contributed by atoms with Crippen LogP contribution in [-0.2, 0) is 0 Å². The van der Waals surface area contributed by atoms with Gasteiger partial charge in [-0.2, -0.15) is 0 Å². The minimum atomic E-state index is -1.08. The molecule has 0 aliphatic heterocycles. The average molecular weight is 348 g/mol. The maximum absolute atomic E-state index is 11.6. The van der Waals surface area contributed by atoms with Crippen LogP contribution >= 0.6 is 38.6 Å². The first-order valence-electron chi connectivity index (χ1n) is 4.56. The second-order valence-corrected chi connectivity index (χ2v) is 6.34. The lowest BCUT2D eigenvalue weighted by atomic mass is 10.3. The van der Waals surface area contributed by atoms with Crippen LogP contribution in [0.4, 0.5) is 14.9 Å². The molecule has 2 aromatic heterocycles. The summed E-state index contributed by atoms with van der Waals surface area (Å²) < 4.78 is 0.792. The van der Waals surface area contributed by atoms with Crippen molar-refractivity contribution in [3.05, 3.63) is 27.0 Å². The van der Waals surface area contributed by atoms with Crippen molar-refractivity contribution in [3.63, 3.8) is 0 Å². The highest BCUT2D eigenvalue weighted by Gasteiger charge is 2.14. The third kappa shape index (κ3) is 3.06. The van der Waals surface area contributed by atoms with E-state index in [0.717, 1.165) is 15.1 Å². The number of urea groups is 1. The van der Waals surface area contributed by atoms with Gasteiger partial charge in [0.1, 0.15) is 5.00 Å². The molecule has 9 heteroatoms. The SMILES string of the molecule is O=C(Nc1ncc(Br)s1)Nc1sccc1C(=O)O. The lowest BCUT2D eigenvalue weighted by Crippen LogP contribution is -2.19. The number of aromatic nitrogens is 1. The second kappa shape index (κ2) is 5.46. The Bertz CT molecular complexity index is 595. The van der Waals surface area contributed by atoms with Gasteiger partial charge in [-0.25, -0.2) is 14.6 Å². The summed E-state index contributed by atoms with van der Waals surface area (Å²) in [6.45, 7) is 0. The van der Waals surface area contributed by atoms with E-state index in [1.165, 1.54) is 17.4 Å². The number of halogens is 1. The van der Waals surface area contributed by atoms with Gasteiger partial charge in [0.05, 0.1) is 15.5 Å². The number of hydrogen-bond donors (Lipinski definition) is 3. The van der Waals surface area contributed by atoms with Gasteiger partial charge in [-0.1, -0.05) is 11.3 Å². The minimum absolute atomic E-state index is 0.0652. The number of aromatic carboxylic acids is 1. The van der Waals surface area contributed by atoms with E-state index in [0.29, 0.717) is 5.13 Å². The average Bonchev–Trinajstić information content (AvgIpc) is 2.87. The normalized spacial score (nSPS) is 10.1. The first kappa shape index (κ1) is 13.0. The van der Waals surface area contributed by atoms with Gasteiger partial charge < -0.3 is 5.11 Å². The van der Waals surface area contributed by atoms with Crippen molar-refractivity contribution in [3.8, 4) is 0 Å². The second-order valence-electron chi connectivity index (χ2n) is 3.02. The Morgan fingerprint density at radius 3 is 2.78 bits per heavy atom. The molecule has 6 nitrogen and oxygen atoms in total. The number of amides is 2. The first-order chi connectivity index (χ1) is 8.56. The van der Waals surface area contributed by atoms with Gasteiger partial charge in [0, 0.05) is 0 Å². The van der Waals surface area contributed by atoms with Crippen LogP contribution in [0.1, 0.15) is 10.4 Å². The molecule has 3 N–H and O–H groups in total. The monoisotopic (exact) mass is 347 g/mol. The molecule has 0 unspecified atom stereocenters. The fourth-order valence-corrected chi connectivity index (χ4v) is 2.99. The van der Waals surface area contributed by atoms with E-state index >= 15 is 0 Å². The molecular weight excluding hydrogens is 342 g/mol. The first-order valence-corrected chi connectivity index (χ1v) is 7.05. The van der Waals surface area contributed by atoms with E-state index in [1.54, 1.807) is 11.6 Å². The third-order valence-electron chi connectivity index (χ3n) is 1.82. The van der Waals surface area contributed by atoms with Crippen molar-refractivity contribution in [2.24, 2.45) is 0 Å². The van der Waals surface area contributed by atoms with Gasteiger partial charge in [0.25, 0.3) is 0 Å². The van der Waals surface area contributed by atoms with Crippen LogP contribution in [0.25, 0.3) is 0 Å². The summed E-state index contributed by atoms with van der Waals surface area (Å²) in [6, 6.07) is 0.907. The number of carboxylic acids is 1. The molecule has 0 aromatic carbocycles. The summed E-state index contributed by atoms with van der Waals surface area (Å²) in [6.07, 6.45) is 1.56. The minimum Gasteiger partial charge on any atom is -0.478 e. The Labute approximate surface area is 118 Å². The maximum atomic E-state index is 11.6. The Kier molecular flexibility index (Phi) is 3.94. The summed E-state index contributed by atoms with van der Waals surface area (Å²) in [4.78, 5) is 26.4. The highest BCUT2D eigenvalue weighted by Crippen LogP contribution is 2.25. The molecule has 2 rings (SSSR count). The Hall–Kier alpha value is -1.45. The number of carbonyl (C=O) groups is 2. The van der Waals surface area contributed by atoms with Gasteiger partial charge in [-0.3, -0.25) is 10.6 Å². The van der Waals surface area contributed by atoms with Crippen LogP contribution < -0.4 is 10.6 Å². The standard InChI is InChI=1S/C9H6BrN3O3S2/c10-5-3-11-9(18-5)13-8(16)12-6-4(7(14)15)1-2-17-6/h1-3H,(H,14,15)(H2,11,12,13,16). The van der Waals surface area contributed by atoms with E-state index < -0.39 is 12.0 Å². The smallest absolute Gasteiger partial charge is 0.338 e. The molecule has 0 saturated heterocycles. The van der Waals surface area contributed by atoms with E-state index in [-0.39, 0.29) is 10.6 Å². The lowest BCUT2D eigenvalue weighted by Gasteiger charge is -2.03. The largest absolute Gasteiger partial charge is 0.478 e. The van der Waals surface area contributed by atoms with Crippen molar-refractivity contribution >= 4 is 60.7 Å². The number of anilines is 2. The molecule has 0 bridgehead atoms. The Morgan fingerprint density at radius 2 is 2.17 bits per heavy atom. The summed E-state index contributed by atoms with van der Waals surface area (Å²) in [5, 5.41) is 16.2. The van der Waals surface area contributed by atoms with Gasteiger partial charge in [0.15, 0.2) is 5.13 Å². The van der Waals surface area contributed by atoms with Crippen molar-refractivity contribution in [2.75, 3.05) is 10.6 Å². The van der Waals surface area contributed by atoms with E-state index in [4.69, 9.17) is 5.11 Å². The molecule has 0 saturated carbocycles. The number of thiazole rings is 1. The molecule has 18 heavy (non-hydrogen) atoms. The molecular formula is C9H6BrN3O3S2. The van der Waals surface area contributed by atoms with Crippen LogP contribution in [0.3, 0.4) is 0 Å². The van der Waals surface area contributed by atoms with Crippen LogP contribution in [-0.4, -0.2) is 22.1 Å². The molecule has 94 valence electrons. The molecule has 2 heterocycles. The summed E-state index contributed by atoms with van der Waals surface area (Å²) >= 11 is 5.62. The molecule has 2 amide bonds. The van der Waals surface area contributed by atoms with E-state index in [2.05, 4.69) is 31.5 Å². The summed E-state index contributed by atoms with van der Waals surface area (Å²) in [5.41, 5.74) is 0.0652. The third-order valence-corrected chi connectivity index (χ3v) is 4.04. The quantitative estimate of drug-likeness (QED) is 0.794. The lowest BCUT2D eigenvalue weighted by molar-refractivity contribution is 0.0698. The summed E-state index contributed by atoms with van der Waals surface area (Å²) in [5.74, 6) is -1.08. The van der Waals surface area contributed by atoms with Crippen molar-refractivity contribution in [1.82, 2.24) is 4.98 Å². The Morgan fingerprint density at radius 1 is 1.39 bits per heavy atom. The van der Waals surface area contributed by atoms with Crippen LogP contribution in [0.2, 0.25) is 0 Å². The van der Waals surface area contributed by atoms with E-state index in [1.807, 2.05) is 0 Å². The highest BCUT2D eigenvalue weighted by molar-refractivity contribution is 9.11. The van der Waals surface area contributed by atoms with Gasteiger partial charge in [0.2, 0.25) is 0 Å².